The van der Waals surface area contributed by atoms with E-state index in [-0.39, 0.29) is 0 Å². The molecule has 0 saturated heterocycles. The van der Waals surface area contributed by atoms with Crippen LogP contribution in [0, 0.1) is 22.9 Å². The number of hydrogen-bond acceptors (Lipinski definition) is 2. The molecule has 2 nitrogen and oxygen atoms in total. The standard InChI is InChI=1S/C18H24Br2O2Si2/c1-23(2,3)11-7-9-21-17-13-16(20)18(14-15(17)19)22-10-8-12-24(4,5)6/h13-14H,9-10H2,1-6H3. The SMILES string of the molecule is C[Si](C)(C)C#CCOc1cc(Br)c(OCC#C[Si](C)(C)C)cc1Br. The summed E-state index contributed by atoms with van der Waals surface area (Å²) in [4.78, 5) is 0. The molecule has 0 atom stereocenters. The van der Waals surface area contributed by atoms with Gasteiger partial charge >= 0.3 is 0 Å². The number of rotatable bonds is 4. The Balaban J connectivity index is 2.71. The zero-order chi connectivity index (χ0) is 18.4. The van der Waals surface area contributed by atoms with Gasteiger partial charge in [0.1, 0.15) is 40.9 Å². The Morgan fingerprint density at radius 2 is 1.08 bits per heavy atom. The lowest BCUT2D eigenvalue weighted by Crippen LogP contribution is -2.16. The lowest BCUT2D eigenvalue weighted by atomic mass is 10.3. The predicted molar refractivity (Wildman–Crippen MR) is 115 cm³/mol. The van der Waals surface area contributed by atoms with Crippen molar-refractivity contribution in [1.82, 2.24) is 0 Å². The van der Waals surface area contributed by atoms with E-state index in [1.807, 2.05) is 12.1 Å². The van der Waals surface area contributed by atoms with E-state index in [1.165, 1.54) is 0 Å². The summed E-state index contributed by atoms with van der Waals surface area (Å²) >= 11 is 7.04. The molecule has 0 spiro atoms. The second-order valence-corrected chi connectivity index (χ2v) is 18.6. The summed E-state index contributed by atoms with van der Waals surface area (Å²) in [6.45, 7) is 14.0. The highest BCUT2D eigenvalue weighted by Gasteiger charge is 2.10. The molecule has 0 N–H and O–H groups in total. The Bertz CT molecular complexity index is 635. The summed E-state index contributed by atoms with van der Waals surface area (Å²) in [6.07, 6.45) is 0. The van der Waals surface area contributed by atoms with Gasteiger partial charge < -0.3 is 9.47 Å². The van der Waals surface area contributed by atoms with Crippen LogP contribution in [0.4, 0.5) is 0 Å². The van der Waals surface area contributed by atoms with E-state index in [2.05, 4.69) is 94.1 Å². The van der Waals surface area contributed by atoms with Crippen molar-refractivity contribution < 1.29 is 9.47 Å². The van der Waals surface area contributed by atoms with Crippen LogP contribution in [0.1, 0.15) is 0 Å². The smallest absolute Gasteiger partial charge is 0.148 e. The zero-order valence-corrected chi connectivity index (χ0v) is 20.3. The first-order valence-corrected chi connectivity index (χ1v) is 16.3. The summed E-state index contributed by atoms with van der Waals surface area (Å²) < 4.78 is 13.1. The maximum absolute atomic E-state index is 5.73. The number of halogens is 2. The van der Waals surface area contributed by atoms with Gasteiger partial charge in [-0.1, -0.05) is 51.1 Å². The predicted octanol–water partition coefficient (Wildman–Crippen LogP) is 5.73. The van der Waals surface area contributed by atoms with Crippen molar-refractivity contribution >= 4 is 48.0 Å². The highest BCUT2D eigenvalue weighted by Crippen LogP contribution is 2.36. The molecular formula is C18H24Br2O2Si2. The Hall–Kier alpha value is -0.666. The summed E-state index contributed by atoms with van der Waals surface area (Å²) in [5.74, 6) is 7.68. The summed E-state index contributed by atoms with van der Waals surface area (Å²) in [5.41, 5.74) is 6.57. The average Bonchev–Trinajstić information content (AvgIpc) is 2.41. The van der Waals surface area contributed by atoms with Gasteiger partial charge in [-0.05, 0) is 44.0 Å². The van der Waals surface area contributed by atoms with E-state index in [0.29, 0.717) is 13.2 Å². The van der Waals surface area contributed by atoms with Crippen LogP contribution in [-0.4, -0.2) is 29.4 Å². The van der Waals surface area contributed by atoms with Crippen molar-refractivity contribution in [1.29, 1.82) is 0 Å². The molecule has 0 aliphatic rings. The maximum atomic E-state index is 5.73. The van der Waals surface area contributed by atoms with E-state index in [0.717, 1.165) is 20.4 Å². The highest BCUT2D eigenvalue weighted by molar-refractivity contribution is 9.11. The summed E-state index contributed by atoms with van der Waals surface area (Å²) in [6, 6.07) is 3.78. The van der Waals surface area contributed by atoms with Crippen LogP contribution in [-0.2, 0) is 0 Å². The largest absolute Gasteiger partial charge is 0.480 e. The van der Waals surface area contributed by atoms with E-state index in [1.54, 1.807) is 0 Å². The van der Waals surface area contributed by atoms with Gasteiger partial charge in [0.2, 0.25) is 0 Å². The normalized spacial score (nSPS) is 11.0. The maximum Gasteiger partial charge on any atom is 0.148 e. The lowest BCUT2D eigenvalue weighted by molar-refractivity contribution is 0.356. The molecule has 0 bridgehead atoms. The topological polar surface area (TPSA) is 18.5 Å². The highest BCUT2D eigenvalue weighted by atomic mass is 79.9. The van der Waals surface area contributed by atoms with Crippen molar-refractivity contribution in [3.8, 4) is 34.4 Å². The Labute approximate surface area is 165 Å². The summed E-state index contributed by atoms with van der Waals surface area (Å²) in [7, 11) is -2.71. The van der Waals surface area contributed by atoms with E-state index in [9.17, 15) is 0 Å². The van der Waals surface area contributed by atoms with Crippen LogP contribution in [0.5, 0.6) is 11.5 Å². The second-order valence-electron chi connectivity index (χ2n) is 7.39. The second kappa shape index (κ2) is 9.15. The minimum atomic E-state index is -1.35. The van der Waals surface area contributed by atoms with Gasteiger partial charge in [0, 0.05) is 0 Å². The Morgan fingerprint density at radius 3 is 1.38 bits per heavy atom. The van der Waals surface area contributed by atoms with Gasteiger partial charge in [0.05, 0.1) is 8.95 Å². The molecule has 0 amide bonds. The Morgan fingerprint density at radius 1 is 0.750 bits per heavy atom. The number of benzene rings is 1. The van der Waals surface area contributed by atoms with Crippen molar-refractivity contribution in [3.63, 3.8) is 0 Å². The van der Waals surface area contributed by atoms with Crippen LogP contribution in [0.15, 0.2) is 21.1 Å². The summed E-state index contributed by atoms with van der Waals surface area (Å²) in [5, 5.41) is 0. The van der Waals surface area contributed by atoms with Crippen molar-refractivity contribution in [2.45, 2.75) is 39.3 Å². The van der Waals surface area contributed by atoms with Crippen molar-refractivity contribution in [2.75, 3.05) is 13.2 Å². The molecule has 0 aliphatic heterocycles. The first-order valence-electron chi connectivity index (χ1n) is 7.73. The molecule has 0 aromatic heterocycles. The first kappa shape index (κ1) is 21.4. The fraction of sp³-hybridized carbons (Fsp3) is 0.444. The zero-order valence-electron chi connectivity index (χ0n) is 15.1. The molecule has 0 unspecified atom stereocenters. The average molecular weight is 488 g/mol. The van der Waals surface area contributed by atoms with Gasteiger partial charge in [-0.15, -0.1) is 11.1 Å². The molecule has 6 heteroatoms. The molecule has 0 radical (unpaired) electrons. The number of hydrogen-bond donors (Lipinski definition) is 0. The van der Waals surface area contributed by atoms with Crippen molar-refractivity contribution in [2.24, 2.45) is 0 Å². The van der Waals surface area contributed by atoms with E-state index in [4.69, 9.17) is 9.47 Å². The minimum absolute atomic E-state index is 0.386. The van der Waals surface area contributed by atoms with Gasteiger partial charge in [-0.2, -0.15) is 0 Å². The fourth-order valence-electron chi connectivity index (χ4n) is 1.56. The third kappa shape index (κ3) is 8.98. The first-order chi connectivity index (χ1) is 11.0. The van der Waals surface area contributed by atoms with Crippen LogP contribution in [0.3, 0.4) is 0 Å². The van der Waals surface area contributed by atoms with Crippen LogP contribution < -0.4 is 9.47 Å². The lowest BCUT2D eigenvalue weighted by Gasteiger charge is -2.11. The Kier molecular flexibility index (Phi) is 8.15. The minimum Gasteiger partial charge on any atom is -0.480 e. The van der Waals surface area contributed by atoms with Gasteiger partial charge in [-0.3, -0.25) is 0 Å². The third-order valence-corrected chi connectivity index (χ3v) is 5.61. The molecular weight excluding hydrogens is 464 g/mol. The molecule has 1 aromatic rings. The quantitative estimate of drug-likeness (QED) is 0.398. The molecule has 0 heterocycles. The molecule has 0 aliphatic carbocycles. The van der Waals surface area contributed by atoms with Crippen LogP contribution in [0.25, 0.3) is 0 Å². The number of ether oxygens (including phenoxy) is 2. The van der Waals surface area contributed by atoms with Crippen molar-refractivity contribution in [3.05, 3.63) is 21.1 Å². The van der Waals surface area contributed by atoms with Gasteiger partial charge in [0.15, 0.2) is 0 Å². The van der Waals surface area contributed by atoms with E-state index < -0.39 is 16.1 Å². The van der Waals surface area contributed by atoms with Crippen LogP contribution >= 0.6 is 31.9 Å². The van der Waals surface area contributed by atoms with E-state index >= 15 is 0 Å². The molecule has 0 saturated carbocycles. The van der Waals surface area contributed by atoms with Gasteiger partial charge in [-0.25, -0.2) is 0 Å². The monoisotopic (exact) mass is 486 g/mol. The fourth-order valence-corrected chi connectivity index (χ4v) is 3.64. The molecule has 24 heavy (non-hydrogen) atoms. The third-order valence-electron chi connectivity index (χ3n) is 2.51. The molecule has 0 fully saturated rings. The molecule has 1 aromatic carbocycles. The van der Waals surface area contributed by atoms with Crippen LogP contribution in [0.2, 0.25) is 39.3 Å². The molecule has 130 valence electrons. The molecule has 1 rings (SSSR count). The van der Waals surface area contributed by atoms with Gasteiger partial charge in [0.25, 0.3) is 0 Å².